The van der Waals surface area contributed by atoms with Crippen LogP contribution in [0.2, 0.25) is 0 Å². The molecule has 33 heavy (non-hydrogen) atoms. The molecule has 2 aliphatic rings. The first-order valence-electron chi connectivity index (χ1n) is 11.2. The lowest BCUT2D eigenvalue weighted by molar-refractivity contribution is 0.0501. The van der Waals surface area contributed by atoms with E-state index in [1.165, 1.54) is 11.1 Å². The monoisotopic (exact) mass is 445 g/mol. The summed E-state index contributed by atoms with van der Waals surface area (Å²) in [7, 11) is 0. The lowest BCUT2D eigenvalue weighted by atomic mass is 10.00. The number of nitrogens with one attached hydrogen (secondary N) is 1. The fraction of sp³-hybridized carbons (Fsp3) is 0.320. The van der Waals surface area contributed by atoms with Crippen molar-refractivity contribution < 1.29 is 14.6 Å². The van der Waals surface area contributed by atoms with Gasteiger partial charge in [0.15, 0.2) is 5.82 Å². The van der Waals surface area contributed by atoms with Crippen molar-refractivity contribution >= 4 is 17.4 Å². The Bertz CT molecular complexity index is 1120. The normalized spacial score (nSPS) is 16.9. The maximum absolute atomic E-state index is 13.3. The highest BCUT2D eigenvalue weighted by molar-refractivity contribution is 5.98. The number of nitrogens with zero attached hydrogens (tertiary/aromatic N) is 4. The molecule has 2 N–H and O–H groups in total. The van der Waals surface area contributed by atoms with Crippen LogP contribution >= 0.6 is 0 Å². The van der Waals surface area contributed by atoms with Gasteiger partial charge in [-0.15, -0.1) is 5.10 Å². The first-order valence-corrected chi connectivity index (χ1v) is 11.2. The van der Waals surface area contributed by atoms with E-state index in [1.807, 2.05) is 6.07 Å². The number of aromatic nitrogens is 2. The summed E-state index contributed by atoms with van der Waals surface area (Å²) < 4.78 is 5.81. The molecule has 2 aromatic carbocycles. The molecule has 0 saturated carbocycles. The average Bonchev–Trinajstić information content (AvgIpc) is 2.98. The molecule has 0 aliphatic carbocycles. The van der Waals surface area contributed by atoms with Crippen molar-refractivity contribution in [2.45, 2.75) is 19.1 Å². The van der Waals surface area contributed by atoms with Crippen LogP contribution in [-0.2, 0) is 13.0 Å². The van der Waals surface area contributed by atoms with Crippen LogP contribution in [0.25, 0.3) is 0 Å². The highest BCUT2D eigenvalue weighted by Gasteiger charge is 2.27. The molecule has 0 radical (unpaired) electrons. The molecule has 1 aromatic heterocycles. The van der Waals surface area contributed by atoms with Gasteiger partial charge in [0, 0.05) is 38.1 Å². The molecular weight excluding hydrogens is 418 g/mol. The van der Waals surface area contributed by atoms with Gasteiger partial charge in [-0.25, -0.2) is 0 Å². The largest absolute Gasteiger partial charge is 0.491 e. The van der Waals surface area contributed by atoms with E-state index in [-0.39, 0.29) is 12.5 Å². The van der Waals surface area contributed by atoms with Gasteiger partial charge in [-0.3, -0.25) is 9.69 Å². The Morgan fingerprint density at radius 3 is 2.79 bits per heavy atom. The highest BCUT2D eigenvalue weighted by atomic mass is 16.5. The number of aliphatic hydroxyl groups is 1. The summed E-state index contributed by atoms with van der Waals surface area (Å²) in [6.45, 7) is 3.34. The minimum absolute atomic E-state index is 0.145. The van der Waals surface area contributed by atoms with Crippen molar-refractivity contribution in [2.75, 3.05) is 38.1 Å². The third-order valence-electron chi connectivity index (χ3n) is 6.07. The van der Waals surface area contributed by atoms with Crippen molar-refractivity contribution in [3.63, 3.8) is 0 Å². The number of amides is 1. The first kappa shape index (κ1) is 21.4. The average molecular weight is 446 g/mol. The Hall–Kier alpha value is -3.49. The number of carbonyl (C=O) groups excluding carboxylic acids is 1. The van der Waals surface area contributed by atoms with Gasteiger partial charge in [0.05, 0.1) is 18.2 Å². The molecule has 1 unspecified atom stereocenters. The fourth-order valence-corrected chi connectivity index (χ4v) is 4.45. The van der Waals surface area contributed by atoms with E-state index >= 15 is 0 Å². The van der Waals surface area contributed by atoms with E-state index in [9.17, 15) is 9.90 Å². The molecule has 1 atom stereocenters. The van der Waals surface area contributed by atoms with Crippen LogP contribution in [0.5, 0.6) is 5.75 Å². The van der Waals surface area contributed by atoms with Crippen LogP contribution in [0.15, 0.2) is 60.8 Å². The third-order valence-corrected chi connectivity index (χ3v) is 6.07. The highest BCUT2D eigenvalue weighted by Crippen LogP contribution is 2.28. The molecular formula is C25H27N5O3. The Labute approximate surface area is 192 Å². The summed E-state index contributed by atoms with van der Waals surface area (Å²) in [5, 5.41) is 21.8. The molecule has 8 heteroatoms. The standard InChI is InChI=1S/C25H27N5O3/c31-21(16-29-11-9-18-4-1-2-5-19(18)15-29)17-30-12-13-33-23-8-7-20(14-22(23)25(30)32)27-24-6-3-10-26-28-24/h1-8,10,14,21,31H,9,11-13,15-17H2,(H,27,28). The molecule has 8 nitrogen and oxygen atoms in total. The second kappa shape index (κ2) is 9.56. The quantitative estimate of drug-likeness (QED) is 0.602. The molecule has 0 bridgehead atoms. The summed E-state index contributed by atoms with van der Waals surface area (Å²) in [5.74, 6) is 0.998. The van der Waals surface area contributed by atoms with E-state index in [0.717, 1.165) is 25.2 Å². The zero-order valence-corrected chi connectivity index (χ0v) is 18.4. The van der Waals surface area contributed by atoms with Gasteiger partial charge in [0.2, 0.25) is 0 Å². The number of fused-ring (bicyclic) bond motifs is 2. The van der Waals surface area contributed by atoms with E-state index in [1.54, 1.807) is 35.4 Å². The zero-order chi connectivity index (χ0) is 22.6. The zero-order valence-electron chi connectivity index (χ0n) is 18.4. The number of carbonyl (C=O) groups is 1. The second-order valence-corrected chi connectivity index (χ2v) is 8.45. The minimum atomic E-state index is -0.637. The molecule has 0 spiro atoms. The molecule has 170 valence electrons. The molecule has 0 saturated heterocycles. The number of β-amino-alcohol motifs (C(OH)–C–C–N with tert-alkyl or cyclic N) is 1. The van der Waals surface area contributed by atoms with Crippen LogP contribution in [0, 0.1) is 0 Å². The Balaban J connectivity index is 1.24. The van der Waals surface area contributed by atoms with Crippen LogP contribution < -0.4 is 10.1 Å². The molecule has 3 heterocycles. The lowest BCUT2D eigenvalue weighted by Gasteiger charge is -2.32. The van der Waals surface area contributed by atoms with Gasteiger partial charge >= 0.3 is 0 Å². The molecule has 3 aromatic rings. The van der Waals surface area contributed by atoms with E-state index in [2.05, 4.69) is 44.7 Å². The molecule has 0 fully saturated rings. The lowest BCUT2D eigenvalue weighted by Crippen LogP contribution is -2.44. The van der Waals surface area contributed by atoms with Gasteiger partial charge in [-0.05, 0) is 47.9 Å². The number of rotatable bonds is 6. The molecule has 5 rings (SSSR count). The maximum atomic E-state index is 13.3. The smallest absolute Gasteiger partial charge is 0.257 e. The summed E-state index contributed by atoms with van der Waals surface area (Å²) in [5.41, 5.74) is 3.89. The van der Waals surface area contributed by atoms with E-state index in [0.29, 0.717) is 36.8 Å². The van der Waals surface area contributed by atoms with Crippen LogP contribution in [0.4, 0.5) is 11.5 Å². The van der Waals surface area contributed by atoms with Gasteiger partial charge in [0.25, 0.3) is 5.91 Å². The van der Waals surface area contributed by atoms with Gasteiger partial charge < -0.3 is 20.1 Å². The van der Waals surface area contributed by atoms with Crippen molar-refractivity contribution in [2.24, 2.45) is 0 Å². The number of benzene rings is 2. The first-order chi connectivity index (χ1) is 16.2. The third kappa shape index (κ3) is 4.97. The van der Waals surface area contributed by atoms with E-state index < -0.39 is 6.10 Å². The minimum Gasteiger partial charge on any atom is -0.491 e. The van der Waals surface area contributed by atoms with Gasteiger partial charge in [-0.2, -0.15) is 5.10 Å². The van der Waals surface area contributed by atoms with Crippen molar-refractivity contribution in [1.82, 2.24) is 20.0 Å². The van der Waals surface area contributed by atoms with Gasteiger partial charge in [-0.1, -0.05) is 24.3 Å². The number of anilines is 2. The summed E-state index contributed by atoms with van der Waals surface area (Å²) in [4.78, 5) is 17.2. The number of ether oxygens (including phenoxy) is 1. The van der Waals surface area contributed by atoms with Crippen LogP contribution in [0.3, 0.4) is 0 Å². The topological polar surface area (TPSA) is 90.8 Å². The predicted octanol–water partition coefficient (Wildman–Crippen LogP) is 2.47. The molecule has 1 amide bonds. The molecule has 2 aliphatic heterocycles. The second-order valence-electron chi connectivity index (χ2n) is 8.45. The van der Waals surface area contributed by atoms with Crippen molar-refractivity contribution in [1.29, 1.82) is 0 Å². The Morgan fingerprint density at radius 2 is 1.94 bits per heavy atom. The summed E-state index contributed by atoms with van der Waals surface area (Å²) in [6.07, 6.45) is 1.95. The maximum Gasteiger partial charge on any atom is 0.257 e. The fourth-order valence-electron chi connectivity index (χ4n) is 4.45. The van der Waals surface area contributed by atoms with Gasteiger partial charge in [0.1, 0.15) is 12.4 Å². The Morgan fingerprint density at radius 1 is 1.06 bits per heavy atom. The summed E-state index contributed by atoms with van der Waals surface area (Å²) in [6, 6.07) is 17.4. The number of hydrogen-bond acceptors (Lipinski definition) is 7. The SMILES string of the molecule is O=C1c2cc(Nc3cccnn3)ccc2OCCN1CC(O)CN1CCc2ccccc2C1. The van der Waals surface area contributed by atoms with E-state index in [4.69, 9.17) is 4.74 Å². The van der Waals surface area contributed by atoms with Crippen molar-refractivity contribution in [3.05, 3.63) is 77.5 Å². The number of hydrogen-bond donors (Lipinski definition) is 2. The van der Waals surface area contributed by atoms with Crippen molar-refractivity contribution in [3.8, 4) is 5.75 Å². The Kier molecular flexibility index (Phi) is 6.19. The predicted molar refractivity (Wildman–Crippen MR) is 125 cm³/mol. The number of aliphatic hydroxyl groups excluding tert-OH is 1. The van der Waals surface area contributed by atoms with Crippen LogP contribution in [-0.4, -0.2) is 69.9 Å². The van der Waals surface area contributed by atoms with Crippen LogP contribution in [0.1, 0.15) is 21.5 Å². The summed E-state index contributed by atoms with van der Waals surface area (Å²) >= 11 is 0.